The van der Waals surface area contributed by atoms with Crippen LogP contribution >= 0.6 is 45.7 Å². The molecule has 0 aliphatic heterocycles. The molecule has 0 spiro atoms. The van der Waals surface area contributed by atoms with Crippen molar-refractivity contribution in [2.75, 3.05) is 5.32 Å². The predicted molar refractivity (Wildman–Crippen MR) is 86.0 cm³/mol. The van der Waals surface area contributed by atoms with Crippen LogP contribution in [0.5, 0.6) is 0 Å². The van der Waals surface area contributed by atoms with Crippen LogP contribution in [0.4, 0.5) is 5.69 Å². The molecule has 1 amide bonds. The summed E-state index contributed by atoms with van der Waals surface area (Å²) in [7, 11) is 0. The van der Waals surface area contributed by atoms with Crippen LogP contribution in [0.2, 0.25) is 5.02 Å². The van der Waals surface area contributed by atoms with Crippen molar-refractivity contribution in [3.63, 3.8) is 0 Å². The smallest absolute Gasteiger partial charge is 0.269 e. The monoisotopic (exact) mass is 407 g/mol. The maximum absolute atomic E-state index is 12.2. The minimum atomic E-state index is -0.207. The van der Waals surface area contributed by atoms with Gasteiger partial charge in [-0.3, -0.25) is 4.79 Å². The lowest BCUT2D eigenvalue weighted by molar-refractivity contribution is 0.102. The summed E-state index contributed by atoms with van der Waals surface area (Å²) >= 11 is 9.36. The number of rotatable bonds is 4. The molecule has 0 aliphatic rings. The van der Waals surface area contributed by atoms with Crippen molar-refractivity contribution in [1.29, 1.82) is 0 Å². The Labute approximate surface area is 133 Å². The molecule has 2 rings (SSSR count). The van der Waals surface area contributed by atoms with Gasteiger partial charge in [0.2, 0.25) is 0 Å². The lowest BCUT2D eigenvalue weighted by Crippen LogP contribution is -2.12. The van der Waals surface area contributed by atoms with Gasteiger partial charge in [-0.1, -0.05) is 29.4 Å². The summed E-state index contributed by atoms with van der Waals surface area (Å²) in [5, 5.41) is 7.30. The van der Waals surface area contributed by atoms with E-state index < -0.39 is 0 Å². The van der Waals surface area contributed by atoms with Gasteiger partial charge in [-0.05, 0) is 58.7 Å². The third-order valence-corrected chi connectivity index (χ3v) is 4.18. The Hall–Kier alpha value is -0.730. The Balaban J connectivity index is 2.18. The molecule has 19 heavy (non-hydrogen) atoms. The molecular weight excluding hydrogens is 397 g/mol. The minimum absolute atomic E-state index is 0.207. The number of nitrogens with one attached hydrogen (secondary N) is 1. The van der Waals surface area contributed by atoms with Gasteiger partial charge in [-0.2, -0.15) is 0 Å². The number of hydrogen-bond acceptors (Lipinski definition) is 4. The van der Waals surface area contributed by atoms with E-state index in [1.807, 2.05) is 13.0 Å². The van der Waals surface area contributed by atoms with Crippen molar-refractivity contribution in [1.82, 2.24) is 9.59 Å². The highest BCUT2D eigenvalue weighted by molar-refractivity contribution is 14.1. The number of nitrogens with zero attached hydrogens (tertiary/aromatic N) is 2. The minimum Gasteiger partial charge on any atom is -0.320 e. The second kappa shape index (κ2) is 6.62. The molecule has 100 valence electrons. The van der Waals surface area contributed by atoms with E-state index in [2.05, 4.69) is 37.5 Å². The fourth-order valence-corrected chi connectivity index (χ4v) is 3.06. The molecular formula is C12H11ClIN3OS. The van der Waals surface area contributed by atoms with Crippen LogP contribution < -0.4 is 5.32 Å². The van der Waals surface area contributed by atoms with Crippen LogP contribution in [0.1, 0.15) is 28.7 Å². The van der Waals surface area contributed by atoms with Gasteiger partial charge in [-0.15, -0.1) is 5.10 Å². The number of carbonyl (C=O) groups excluding carboxylic acids is 1. The molecule has 2 aromatic rings. The number of aromatic nitrogens is 2. The first kappa shape index (κ1) is 14.7. The normalized spacial score (nSPS) is 10.5. The molecule has 0 unspecified atom stereocenters. The number of halogens is 2. The molecule has 4 nitrogen and oxygen atoms in total. The predicted octanol–water partition coefficient (Wildman–Crippen LogP) is 4.00. The molecule has 7 heteroatoms. The standard InChI is InChI=1S/C12H11ClIN3OS/c1-2-3-10-11(19-17-16-10)12(18)15-9-5-4-7(14)6-8(9)13/h4-6H,2-3H2,1H3,(H,15,18). The molecule has 0 bridgehead atoms. The van der Waals surface area contributed by atoms with Crippen molar-refractivity contribution >= 4 is 57.3 Å². The first-order valence-electron chi connectivity index (χ1n) is 5.69. The van der Waals surface area contributed by atoms with Crippen LogP contribution in [0, 0.1) is 3.57 Å². The van der Waals surface area contributed by atoms with E-state index in [0.29, 0.717) is 15.6 Å². The maximum Gasteiger partial charge on any atom is 0.269 e. The zero-order valence-corrected chi connectivity index (χ0v) is 13.8. The highest BCUT2D eigenvalue weighted by Gasteiger charge is 2.16. The van der Waals surface area contributed by atoms with Gasteiger partial charge in [-0.25, -0.2) is 0 Å². The fourth-order valence-electron chi connectivity index (χ4n) is 1.55. The number of carbonyl (C=O) groups is 1. The van der Waals surface area contributed by atoms with Crippen LogP contribution in [-0.2, 0) is 6.42 Å². The van der Waals surface area contributed by atoms with Gasteiger partial charge >= 0.3 is 0 Å². The van der Waals surface area contributed by atoms with E-state index in [0.717, 1.165) is 33.6 Å². The largest absolute Gasteiger partial charge is 0.320 e. The number of amides is 1. The Morgan fingerprint density at radius 2 is 2.32 bits per heavy atom. The van der Waals surface area contributed by atoms with Crippen molar-refractivity contribution in [2.24, 2.45) is 0 Å². The van der Waals surface area contributed by atoms with E-state index >= 15 is 0 Å². The number of benzene rings is 1. The molecule has 0 aliphatic carbocycles. The van der Waals surface area contributed by atoms with Crippen LogP contribution in [0.15, 0.2) is 18.2 Å². The van der Waals surface area contributed by atoms with Gasteiger partial charge in [0.1, 0.15) is 4.88 Å². The van der Waals surface area contributed by atoms with Gasteiger partial charge in [0.15, 0.2) is 0 Å². The van der Waals surface area contributed by atoms with Gasteiger partial charge in [0.05, 0.1) is 16.4 Å². The molecule has 1 N–H and O–H groups in total. The lowest BCUT2D eigenvalue weighted by atomic mass is 10.2. The highest BCUT2D eigenvalue weighted by atomic mass is 127. The van der Waals surface area contributed by atoms with Gasteiger partial charge in [0, 0.05) is 3.57 Å². The van der Waals surface area contributed by atoms with Crippen LogP contribution in [0.3, 0.4) is 0 Å². The zero-order chi connectivity index (χ0) is 13.8. The topological polar surface area (TPSA) is 54.9 Å². The SMILES string of the molecule is CCCc1nnsc1C(=O)Nc1ccc(I)cc1Cl. The second-order valence-corrected chi connectivity index (χ2v) is 6.28. The summed E-state index contributed by atoms with van der Waals surface area (Å²) in [6.45, 7) is 2.04. The van der Waals surface area contributed by atoms with E-state index in [-0.39, 0.29) is 5.91 Å². The molecule has 1 heterocycles. The number of aryl methyl sites for hydroxylation is 1. The lowest BCUT2D eigenvalue weighted by Gasteiger charge is -2.06. The van der Waals surface area contributed by atoms with E-state index in [4.69, 9.17) is 11.6 Å². The molecule has 0 fully saturated rings. The summed E-state index contributed by atoms with van der Waals surface area (Å²) in [5.74, 6) is -0.207. The summed E-state index contributed by atoms with van der Waals surface area (Å²) in [6.07, 6.45) is 1.68. The van der Waals surface area contributed by atoms with Gasteiger partial charge in [0.25, 0.3) is 5.91 Å². The molecule has 1 aromatic heterocycles. The Bertz CT molecular complexity index is 602. The zero-order valence-electron chi connectivity index (χ0n) is 10.1. The third kappa shape index (κ3) is 3.64. The van der Waals surface area contributed by atoms with Crippen molar-refractivity contribution < 1.29 is 4.79 Å². The fraction of sp³-hybridized carbons (Fsp3) is 0.250. The molecule has 0 atom stereocenters. The van der Waals surface area contributed by atoms with Crippen molar-refractivity contribution in [3.8, 4) is 0 Å². The summed E-state index contributed by atoms with van der Waals surface area (Å²) < 4.78 is 4.86. The Morgan fingerprint density at radius 3 is 3.00 bits per heavy atom. The Kier molecular flexibility index (Phi) is 5.12. The third-order valence-electron chi connectivity index (χ3n) is 2.43. The second-order valence-electron chi connectivity index (χ2n) is 3.88. The number of hydrogen-bond donors (Lipinski definition) is 1. The van der Waals surface area contributed by atoms with Crippen molar-refractivity contribution in [2.45, 2.75) is 19.8 Å². The summed E-state index contributed by atoms with van der Waals surface area (Å²) in [6, 6.07) is 5.48. The van der Waals surface area contributed by atoms with E-state index in [9.17, 15) is 4.79 Å². The first-order chi connectivity index (χ1) is 9.11. The summed E-state index contributed by atoms with van der Waals surface area (Å²) in [5.41, 5.74) is 1.34. The molecule has 1 aromatic carbocycles. The molecule has 0 saturated heterocycles. The number of anilines is 1. The molecule has 0 radical (unpaired) electrons. The first-order valence-corrected chi connectivity index (χ1v) is 7.92. The average Bonchev–Trinajstić information content (AvgIpc) is 2.81. The van der Waals surface area contributed by atoms with Gasteiger partial charge < -0.3 is 5.32 Å². The van der Waals surface area contributed by atoms with Crippen molar-refractivity contribution in [3.05, 3.63) is 37.4 Å². The van der Waals surface area contributed by atoms with Crippen LogP contribution in [0.25, 0.3) is 0 Å². The summed E-state index contributed by atoms with van der Waals surface area (Å²) in [4.78, 5) is 12.7. The highest BCUT2D eigenvalue weighted by Crippen LogP contribution is 2.25. The van der Waals surface area contributed by atoms with E-state index in [1.54, 1.807) is 12.1 Å². The maximum atomic E-state index is 12.2. The Morgan fingerprint density at radius 1 is 1.53 bits per heavy atom. The molecule has 0 saturated carbocycles. The quantitative estimate of drug-likeness (QED) is 0.780. The van der Waals surface area contributed by atoms with Crippen LogP contribution in [-0.4, -0.2) is 15.5 Å². The average molecular weight is 408 g/mol. The van der Waals surface area contributed by atoms with E-state index in [1.165, 1.54) is 0 Å².